The van der Waals surface area contributed by atoms with E-state index in [1.54, 1.807) is 42.5 Å². The Bertz CT molecular complexity index is 947. The molecule has 3 N–H and O–H groups in total. The van der Waals surface area contributed by atoms with Crippen molar-refractivity contribution < 1.29 is 13.9 Å². The van der Waals surface area contributed by atoms with Crippen molar-refractivity contribution in [2.24, 2.45) is 0 Å². The van der Waals surface area contributed by atoms with E-state index < -0.39 is 11.5 Å². The first-order valence-corrected chi connectivity index (χ1v) is 6.86. The molecule has 0 saturated heterocycles. The number of nitrogens with two attached hydrogens (primary N) is 1. The van der Waals surface area contributed by atoms with Crippen LogP contribution in [0.1, 0.15) is 10.4 Å². The van der Waals surface area contributed by atoms with Crippen molar-refractivity contribution >= 4 is 28.3 Å². The van der Waals surface area contributed by atoms with Crippen LogP contribution in [-0.2, 0) is 0 Å². The second-order valence-corrected chi connectivity index (χ2v) is 4.90. The number of hydrogen-bond donors (Lipinski definition) is 2. The molecule has 1 amide bonds. The SMILES string of the molecule is COc1cc(N)ccc1NC(=O)c1cc2ccccc2oc1=O. The minimum absolute atomic E-state index is 0.0809. The number of methoxy groups -OCH3 is 1. The van der Waals surface area contributed by atoms with E-state index in [1.807, 2.05) is 0 Å². The Morgan fingerprint density at radius 2 is 1.96 bits per heavy atom. The molecule has 0 bridgehead atoms. The van der Waals surface area contributed by atoms with Crippen LogP contribution in [0.25, 0.3) is 11.0 Å². The van der Waals surface area contributed by atoms with Gasteiger partial charge in [-0.2, -0.15) is 0 Å². The van der Waals surface area contributed by atoms with Gasteiger partial charge in [0.2, 0.25) is 0 Å². The van der Waals surface area contributed by atoms with Gasteiger partial charge in [-0.25, -0.2) is 4.79 Å². The summed E-state index contributed by atoms with van der Waals surface area (Å²) < 4.78 is 10.3. The lowest BCUT2D eigenvalue weighted by Gasteiger charge is -2.10. The lowest BCUT2D eigenvalue weighted by atomic mass is 10.1. The van der Waals surface area contributed by atoms with E-state index in [-0.39, 0.29) is 5.56 Å². The maximum Gasteiger partial charge on any atom is 0.349 e. The van der Waals surface area contributed by atoms with E-state index in [9.17, 15) is 9.59 Å². The van der Waals surface area contributed by atoms with Gasteiger partial charge in [-0.1, -0.05) is 18.2 Å². The van der Waals surface area contributed by atoms with Gasteiger partial charge >= 0.3 is 5.63 Å². The zero-order valence-electron chi connectivity index (χ0n) is 12.3. The Morgan fingerprint density at radius 3 is 2.74 bits per heavy atom. The Morgan fingerprint density at radius 1 is 1.17 bits per heavy atom. The Kier molecular flexibility index (Phi) is 3.72. The van der Waals surface area contributed by atoms with Crippen LogP contribution >= 0.6 is 0 Å². The number of carbonyl (C=O) groups excluding carboxylic acids is 1. The number of carbonyl (C=O) groups is 1. The highest BCUT2D eigenvalue weighted by atomic mass is 16.5. The molecular weight excluding hydrogens is 296 g/mol. The van der Waals surface area contributed by atoms with Crippen LogP contribution in [0, 0.1) is 0 Å². The number of anilines is 2. The van der Waals surface area contributed by atoms with E-state index >= 15 is 0 Å². The number of rotatable bonds is 3. The van der Waals surface area contributed by atoms with Gasteiger partial charge in [0.1, 0.15) is 16.9 Å². The molecule has 1 heterocycles. The zero-order chi connectivity index (χ0) is 16.4. The van der Waals surface area contributed by atoms with Crippen LogP contribution in [0.3, 0.4) is 0 Å². The molecule has 3 aromatic rings. The smallest absolute Gasteiger partial charge is 0.349 e. The average Bonchev–Trinajstić information content (AvgIpc) is 2.55. The highest BCUT2D eigenvalue weighted by molar-refractivity contribution is 6.06. The fourth-order valence-corrected chi connectivity index (χ4v) is 2.22. The second kappa shape index (κ2) is 5.84. The van der Waals surface area contributed by atoms with Crippen molar-refractivity contribution in [3.63, 3.8) is 0 Å². The summed E-state index contributed by atoms with van der Waals surface area (Å²) in [5.41, 5.74) is 6.24. The highest BCUT2D eigenvalue weighted by Crippen LogP contribution is 2.27. The third kappa shape index (κ3) is 2.87. The molecule has 0 spiro atoms. The van der Waals surface area contributed by atoms with E-state index in [0.717, 1.165) is 0 Å². The molecule has 1 aromatic heterocycles. The lowest BCUT2D eigenvalue weighted by Crippen LogP contribution is -2.21. The second-order valence-electron chi connectivity index (χ2n) is 4.90. The molecule has 6 nitrogen and oxygen atoms in total. The summed E-state index contributed by atoms with van der Waals surface area (Å²) in [6.07, 6.45) is 0. The lowest BCUT2D eigenvalue weighted by molar-refractivity contribution is 0.102. The van der Waals surface area contributed by atoms with Gasteiger partial charge in [0.05, 0.1) is 12.8 Å². The van der Waals surface area contributed by atoms with Crippen LogP contribution in [-0.4, -0.2) is 13.0 Å². The van der Waals surface area contributed by atoms with Gasteiger partial charge in [0.15, 0.2) is 0 Å². The molecule has 2 aromatic carbocycles. The molecule has 116 valence electrons. The Labute approximate surface area is 131 Å². The average molecular weight is 310 g/mol. The van der Waals surface area contributed by atoms with Crippen LogP contribution in [0.15, 0.2) is 57.7 Å². The first kappa shape index (κ1) is 14.6. The van der Waals surface area contributed by atoms with Gasteiger partial charge in [0, 0.05) is 17.1 Å². The van der Waals surface area contributed by atoms with Crippen molar-refractivity contribution in [3.8, 4) is 5.75 Å². The summed E-state index contributed by atoms with van der Waals surface area (Å²) in [5.74, 6) is -0.170. The maximum absolute atomic E-state index is 12.4. The van der Waals surface area contributed by atoms with Crippen LogP contribution in [0.4, 0.5) is 11.4 Å². The molecule has 0 saturated carbocycles. The van der Waals surface area contributed by atoms with Gasteiger partial charge < -0.3 is 20.2 Å². The normalized spacial score (nSPS) is 10.5. The van der Waals surface area contributed by atoms with Crippen LogP contribution in [0.5, 0.6) is 5.75 Å². The summed E-state index contributed by atoms with van der Waals surface area (Å²) in [4.78, 5) is 24.4. The number of amides is 1. The largest absolute Gasteiger partial charge is 0.494 e. The van der Waals surface area contributed by atoms with E-state index in [2.05, 4.69) is 5.32 Å². The molecule has 0 aliphatic carbocycles. The van der Waals surface area contributed by atoms with Crippen LogP contribution < -0.4 is 21.4 Å². The van der Waals surface area contributed by atoms with Crippen molar-refractivity contribution in [2.75, 3.05) is 18.2 Å². The number of nitrogens with one attached hydrogen (secondary N) is 1. The van der Waals surface area contributed by atoms with Crippen molar-refractivity contribution in [3.05, 3.63) is 64.5 Å². The first-order chi connectivity index (χ1) is 11.1. The molecule has 0 atom stereocenters. The number of fused-ring (bicyclic) bond motifs is 1. The summed E-state index contributed by atoms with van der Waals surface area (Å²) in [7, 11) is 1.47. The Balaban J connectivity index is 1.98. The number of nitrogen functional groups attached to an aromatic ring is 1. The van der Waals surface area contributed by atoms with Gasteiger partial charge in [-0.05, 0) is 24.3 Å². The molecule has 0 radical (unpaired) electrons. The molecule has 6 heteroatoms. The quantitative estimate of drug-likeness (QED) is 0.573. The van der Waals surface area contributed by atoms with Crippen molar-refractivity contribution in [1.82, 2.24) is 0 Å². The molecule has 3 rings (SSSR count). The monoisotopic (exact) mass is 310 g/mol. The number of benzene rings is 2. The number of hydrogen-bond acceptors (Lipinski definition) is 5. The van der Waals surface area contributed by atoms with Gasteiger partial charge in [-0.3, -0.25) is 4.79 Å². The minimum atomic E-state index is -0.699. The molecular formula is C17H14N2O4. The molecule has 23 heavy (non-hydrogen) atoms. The zero-order valence-corrected chi connectivity index (χ0v) is 12.3. The summed E-state index contributed by atoms with van der Waals surface area (Å²) >= 11 is 0. The predicted octanol–water partition coefficient (Wildman–Crippen LogP) is 2.64. The molecule has 0 fully saturated rings. The minimum Gasteiger partial charge on any atom is -0.494 e. The van der Waals surface area contributed by atoms with Gasteiger partial charge in [0.25, 0.3) is 5.91 Å². The van der Waals surface area contributed by atoms with Crippen LogP contribution in [0.2, 0.25) is 0 Å². The molecule has 0 aliphatic heterocycles. The molecule has 0 aliphatic rings. The topological polar surface area (TPSA) is 94.6 Å². The van der Waals surface area contributed by atoms with E-state index in [4.69, 9.17) is 14.9 Å². The third-order valence-electron chi connectivity index (χ3n) is 3.36. The van der Waals surface area contributed by atoms with Crippen molar-refractivity contribution in [2.45, 2.75) is 0 Å². The first-order valence-electron chi connectivity index (χ1n) is 6.86. The predicted molar refractivity (Wildman–Crippen MR) is 87.8 cm³/mol. The number of ether oxygens (including phenoxy) is 1. The summed E-state index contributed by atoms with van der Waals surface area (Å²) in [6.45, 7) is 0. The van der Waals surface area contributed by atoms with E-state index in [1.165, 1.54) is 13.2 Å². The Hall–Kier alpha value is -3.28. The summed E-state index contributed by atoms with van der Waals surface area (Å²) in [5, 5.41) is 3.30. The maximum atomic E-state index is 12.4. The fourth-order valence-electron chi connectivity index (χ4n) is 2.22. The highest BCUT2D eigenvalue weighted by Gasteiger charge is 2.15. The summed E-state index contributed by atoms with van der Waals surface area (Å²) in [6, 6.07) is 13.3. The molecule has 0 unspecified atom stereocenters. The van der Waals surface area contributed by atoms with E-state index in [0.29, 0.717) is 28.1 Å². The number of para-hydroxylation sites is 1. The van der Waals surface area contributed by atoms with Crippen molar-refractivity contribution in [1.29, 1.82) is 0 Å². The standard InChI is InChI=1S/C17H14N2O4/c1-22-15-9-11(18)6-7-13(15)19-16(20)12-8-10-4-2-3-5-14(10)23-17(12)21/h2-9H,18H2,1H3,(H,19,20). The third-order valence-corrected chi connectivity index (χ3v) is 3.36. The van der Waals surface area contributed by atoms with Gasteiger partial charge in [-0.15, -0.1) is 0 Å². The fraction of sp³-hybridized carbons (Fsp3) is 0.0588.